The van der Waals surface area contributed by atoms with Crippen LogP contribution in [0.3, 0.4) is 0 Å². The smallest absolute Gasteiger partial charge is 0.0232 e. The van der Waals surface area contributed by atoms with Crippen molar-refractivity contribution in [3.05, 3.63) is 46.4 Å². The zero-order valence-electron chi connectivity index (χ0n) is 6.58. The van der Waals surface area contributed by atoms with E-state index in [4.69, 9.17) is 0 Å². The minimum atomic E-state index is 1.16. The van der Waals surface area contributed by atoms with Crippen LogP contribution in [0.15, 0.2) is 35.2 Å². The summed E-state index contributed by atoms with van der Waals surface area (Å²) in [6, 6.07) is 8.60. The molecule has 1 heterocycles. The highest BCUT2D eigenvalue weighted by molar-refractivity contribution is 8.02. The van der Waals surface area contributed by atoms with Crippen molar-refractivity contribution in [3.8, 4) is 0 Å². The average molecular weight is 172 g/mol. The van der Waals surface area contributed by atoms with Crippen molar-refractivity contribution in [2.75, 3.05) is 5.75 Å². The second-order valence-corrected chi connectivity index (χ2v) is 3.96. The van der Waals surface area contributed by atoms with Gasteiger partial charge in [-0.1, -0.05) is 24.3 Å². The Morgan fingerprint density at radius 3 is 3.08 bits per heavy atom. The van der Waals surface area contributed by atoms with E-state index in [0.29, 0.717) is 0 Å². The van der Waals surface area contributed by atoms with Crippen LogP contribution in [0.25, 0.3) is 11.6 Å². The maximum absolute atomic E-state index is 2.31. The van der Waals surface area contributed by atoms with Gasteiger partial charge in [0.05, 0.1) is 0 Å². The van der Waals surface area contributed by atoms with Gasteiger partial charge in [-0.3, -0.25) is 0 Å². The van der Waals surface area contributed by atoms with Gasteiger partial charge in [0.1, 0.15) is 0 Å². The number of thioether (sulfide) groups is 1. The lowest BCUT2D eigenvalue weighted by Crippen LogP contribution is -1.79. The van der Waals surface area contributed by atoms with Gasteiger partial charge >= 0.3 is 0 Å². The first kappa shape index (κ1) is 6.55. The van der Waals surface area contributed by atoms with Crippen LogP contribution in [-0.4, -0.2) is 5.75 Å². The summed E-state index contributed by atoms with van der Waals surface area (Å²) in [5.74, 6) is 1.16. The highest BCUT2D eigenvalue weighted by Gasteiger charge is 2.21. The number of fused-ring (bicyclic) bond motifs is 3. The molecule has 0 amide bonds. The fraction of sp³-hybridized carbons (Fsp3) is 0.0909. The number of benzene rings is 1. The summed E-state index contributed by atoms with van der Waals surface area (Å²) in [4.78, 5) is 0. The van der Waals surface area contributed by atoms with Crippen LogP contribution in [-0.2, 0) is 0 Å². The molecule has 12 heavy (non-hydrogen) atoms. The Kier molecular flexibility index (Phi) is 1.24. The third-order valence-electron chi connectivity index (χ3n) is 2.37. The molecule has 2 aliphatic rings. The van der Waals surface area contributed by atoms with Gasteiger partial charge in [0.25, 0.3) is 0 Å². The van der Waals surface area contributed by atoms with E-state index in [1.807, 2.05) is 11.8 Å². The molecule has 0 radical (unpaired) electrons. The predicted octanol–water partition coefficient (Wildman–Crippen LogP) is 3.17. The second kappa shape index (κ2) is 2.27. The van der Waals surface area contributed by atoms with Crippen molar-refractivity contribution in [1.29, 1.82) is 0 Å². The molecule has 0 atom stereocenters. The SMILES string of the molecule is C1=C2CSC=C2c2ccccc21. The first-order valence-electron chi connectivity index (χ1n) is 4.07. The third-order valence-corrected chi connectivity index (χ3v) is 3.25. The van der Waals surface area contributed by atoms with Crippen LogP contribution < -0.4 is 0 Å². The summed E-state index contributed by atoms with van der Waals surface area (Å²) in [6.07, 6.45) is 2.31. The van der Waals surface area contributed by atoms with Crippen molar-refractivity contribution < 1.29 is 0 Å². The molecule has 1 aliphatic carbocycles. The molecule has 0 bridgehead atoms. The number of rotatable bonds is 0. The first-order chi connectivity index (χ1) is 5.95. The molecule has 1 aliphatic heterocycles. The van der Waals surface area contributed by atoms with Crippen LogP contribution >= 0.6 is 11.8 Å². The molecule has 0 saturated heterocycles. The lowest BCUT2D eigenvalue weighted by Gasteiger charge is -1.97. The summed E-state index contributed by atoms with van der Waals surface area (Å²) in [5, 5.41) is 2.28. The second-order valence-electron chi connectivity index (χ2n) is 3.10. The molecule has 0 saturated carbocycles. The summed E-state index contributed by atoms with van der Waals surface area (Å²) in [5.41, 5.74) is 5.76. The Morgan fingerprint density at radius 1 is 1.17 bits per heavy atom. The molecule has 0 nitrogen and oxygen atoms in total. The van der Waals surface area contributed by atoms with E-state index in [2.05, 4.69) is 35.7 Å². The van der Waals surface area contributed by atoms with Crippen molar-refractivity contribution >= 4 is 23.4 Å². The van der Waals surface area contributed by atoms with E-state index in [1.165, 1.54) is 22.3 Å². The van der Waals surface area contributed by atoms with Crippen LogP contribution in [0.4, 0.5) is 0 Å². The highest BCUT2D eigenvalue weighted by atomic mass is 32.2. The van der Waals surface area contributed by atoms with Crippen LogP contribution in [0, 0.1) is 0 Å². The molecular formula is C11H8S. The van der Waals surface area contributed by atoms with E-state index < -0.39 is 0 Å². The Balaban J connectivity index is 2.29. The lowest BCUT2D eigenvalue weighted by atomic mass is 10.1. The maximum Gasteiger partial charge on any atom is 0.0232 e. The average Bonchev–Trinajstić information content (AvgIpc) is 2.62. The maximum atomic E-state index is 2.31. The van der Waals surface area contributed by atoms with Gasteiger partial charge < -0.3 is 0 Å². The Labute approximate surface area is 76.0 Å². The number of allylic oxidation sites excluding steroid dienone is 1. The lowest BCUT2D eigenvalue weighted by molar-refractivity contribution is 1.61. The molecule has 0 N–H and O–H groups in total. The zero-order valence-corrected chi connectivity index (χ0v) is 7.40. The Hall–Kier alpha value is -0.950. The minimum Gasteiger partial charge on any atom is -0.129 e. The van der Waals surface area contributed by atoms with E-state index >= 15 is 0 Å². The summed E-state index contributed by atoms with van der Waals surface area (Å²) in [7, 11) is 0. The van der Waals surface area contributed by atoms with Crippen molar-refractivity contribution in [1.82, 2.24) is 0 Å². The van der Waals surface area contributed by atoms with Gasteiger partial charge in [0.15, 0.2) is 0 Å². The van der Waals surface area contributed by atoms with Gasteiger partial charge in [0.2, 0.25) is 0 Å². The molecule has 1 heteroatoms. The van der Waals surface area contributed by atoms with E-state index in [-0.39, 0.29) is 0 Å². The minimum absolute atomic E-state index is 1.16. The topological polar surface area (TPSA) is 0 Å². The van der Waals surface area contributed by atoms with Gasteiger partial charge in [0, 0.05) is 5.75 Å². The van der Waals surface area contributed by atoms with Crippen molar-refractivity contribution in [3.63, 3.8) is 0 Å². The fourth-order valence-corrected chi connectivity index (χ4v) is 2.73. The van der Waals surface area contributed by atoms with E-state index in [0.717, 1.165) is 5.75 Å². The number of hydrogen-bond acceptors (Lipinski definition) is 1. The Morgan fingerprint density at radius 2 is 2.08 bits per heavy atom. The molecule has 58 valence electrons. The van der Waals surface area contributed by atoms with Gasteiger partial charge in [-0.2, -0.15) is 0 Å². The van der Waals surface area contributed by atoms with Crippen LogP contribution in [0.1, 0.15) is 11.1 Å². The molecule has 1 aromatic carbocycles. The highest BCUT2D eigenvalue weighted by Crippen LogP contribution is 2.42. The molecule has 3 rings (SSSR count). The quantitative estimate of drug-likeness (QED) is 0.579. The summed E-state index contributed by atoms with van der Waals surface area (Å²) >= 11 is 1.90. The monoisotopic (exact) mass is 172 g/mol. The normalized spacial score (nSPS) is 18.3. The molecule has 0 fully saturated rings. The predicted molar refractivity (Wildman–Crippen MR) is 54.9 cm³/mol. The van der Waals surface area contributed by atoms with Gasteiger partial charge in [-0.05, 0) is 33.8 Å². The van der Waals surface area contributed by atoms with E-state index in [1.54, 1.807) is 0 Å². The van der Waals surface area contributed by atoms with Crippen molar-refractivity contribution in [2.45, 2.75) is 0 Å². The van der Waals surface area contributed by atoms with Gasteiger partial charge in [-0.15, -0.1) is 11.8 Å². The van der Waals surface area contributed by atoms with Crippen LogP contribution in [0.5, 0.6) is 0 Å². The largest absolute Gasteiger partial charge is 0.129 e. The fourth-order valence-electron chi connectivity index (χ4n) is 1.78. The standard InChI is InChI=1S/C11H8S/c1-2-4-10-8(3-1)5-9-6-12-7-11(9)10/h1-5,7H,6H2. The third kappa shape index (κ3) is 0.745. The molecule has 0 spiro atoms. The summed E-state index contributed by atoms with van der Waals surface area (Å²) < 4.78 is 0. The first-order valence-corrected chi connectivity index (χ1v) is 5.12. The zero-order chi connectivity index (χ0) is 7.97. The molecule has 0 unspecified atom stereocenters. The molecule has 0 aromatic heterocycles. The Bertz CT molecular complexity index is 399. The van der Waals surface area contributed by atoms with E-state index in [9.17, 15) is 0 Å². The van der Waals surface area contributed by atoms with Crippen LogP contribution in [0.2, 0.25) is 0 Å². The molecular weight excluding hydrogens is 164 g/mol. The van der Waals surface area contributed by atoms with Crippen molar-refractivity contribution in [2.24, 2.45) is 0 Å². The number of hydrogen-bond donors (Lipinski definition) is 0. The van der Waals surface area contributed by atoms with Gasteiger partial charge in [-0.25, -0.2) is 0 Å². The summed E-state index contributed by atoms with van der Waals surface area (Å²) in [6.45, 7) is 0. The molecule has 1 aromatic rings.